The Labute approximate surface area is 79.7 Å². The molecule has 1 aromatic rings. The normalized spacial score (nSPS) is 9.67. The van der Waals surface area contributed by atoms with E-state index >= 15 is 0 Å². The molecular formula is C7H7ClN2OS. The molecule has 1 aromatic heterocycles. The van der Waals surface area contributed by atoms with Crippen LogP contribution in [-0.2, 0) is 11.3 Å². The smallest absolute Gasteiger partial charge is 0.207 e. The van der Waals surface area contributed by atoms with Crippen molar-refractivity contribution in [3.63, 3.8) is 0 Å². The van der Waals surface area contributed by atoms with Crippen LogP contribution in [0.3, 0.4) is 0 Å². The van der Waals surface area contributed by atoms with Crippen LogP contribution in [0.5, 0.6) is 0 Å². The van der Waals surface area contributed by atoms with Crippen molar-refractivity contribution in [3.8, 4) is 12.3 Å². The molecule has 12 heavy (non-hydrogen) atoms. The highest BCUT2D eigenvalue weighted by Gasteiger charge is 2.00. The second kappa shape index (κ2) is 5.09. The number of hydrogen-bond acceptors (Lipinski definition) is 4. The van der Waals surface area contributed by atoms with Crippen molar-refractivity contribution in [2.75, 3.05) is 6.61 Å². The van der Waals surface area contributed by atoms with Crippen molar-refractivity contribution in [2.24, 2.45) is 0 Å². The topological polar surface area (TPSA) is 35.0 Å². The standard InChI is InChI=1S/C7H7ClN2OS/c1-2-3-4-11-5-6-9-10-7(8)12-6/h1H,3-5H2. The lowest BCUT2D eigenvalue weighted by Gasteiger charge is -1.95. The predicted octanol–water partition coefficient (Wildman–Crippen LogP) is 1.73. The summed E-state index contributed by atoms with van der Waals surface area (Å²) in [5.74, 6) is 2.48. The SMILES string of the molecule is C#CCCOCc1nnc(Cl)s1. The van der Waals surface area contributed by atoms with Crippen LogP contribution in [0.25, 0.3) is 0 Å². The van der Waals surface area contributed by atoms with E-state index in [1.165, 1.54) is 11.3 Å². The third kappa shape index (κ3) is 3.18. The summed E-state index contributed by atoms with van der Waals surface area (Å²) in [7, 11) is 0. The summed E-state index contributed by atoms with van der Waals surface area (Å²) >= 11 is 6.87. The van der Waals surface area contributed by atoms with Crippen molar-refractivity contribution < 1.29 is 4.74 Å². The number of nitrogens with zero attached hydrogens (tertiary/aromatic N) is 2. The highest BCUT2D eigenvalue weighted by Crippen LogP contribution is 2.15. The minimum Gasteiger partial charge on any atom is -0.373 e. The van der Waals surface area contributed by atoms with Gasteiger partial charge in [0, 0.05) is 6.42 Å². The van der Waals surface area contributed by atoms with Crippen LogP contribution in [0.15, 0.2) is 0 Å². The molecule has 5 heteroatoms. The van der Waals surface area contributed by atoms with Gasteiger partial charge in [-0.3, -0.25) is 0 Å². The van der Waals surface area contributed by atoms with Crippen molar-refractivity contribution in [1.82, 2.24) is 10.2 Å². The molecule has 0 aliphatic rings. The second-order valence-electron chi connectivity index (χ2n) is 1.96. The van der Waals surface area contributed by atoms with E-state index in [2.05, 4.69) is 16.1 Å². The van der Waals surface area contributed by atoms with E-state index in [9.17, 15) is 0 Å². The van der Waals surface area contributed by atoms with Gasteiger partial charge in [0.2, 0.25) is 4.47 Å². The summed E-state index contributed by atoms with van der Waals surface area (Å²) in [5.41, 5.74) is 0. The summed E-state index contributed by atoms with van der Waals surface area (Å²) in [6.45, 7) is 0.986. The first-order chi connectivity index (χ1) is 5.83. The molecule has 0 saturated carbocycles. The van der Waals surface area contributed by atoms with Gasteiger partial charge in [0.05, 0.1) is 6.61 Å². The fraction of sp³-hybridized carbons (Fsp3) is 0.429. The molecule has 0 radical (unpaired) electrons. The van der Waals surface area contributed by atoms with Crippen molar-refractivity contribution >= 4 is 22.9 Å². The van der Waals surface area contributed by atoms with Gasteiger partial charge in [-0.25, -0.2) is 0 Å². The average molecular weight is 203 g/mol. The van der Waals surface area contributed by atoms with Crippen LogP contribution in [-0.4, -0.2) is 16.8 Å². The van der Waals surface area contributed by atoms with Gasteiger partial charge in [-0.2, -0.15) is 0 Å². The maximum Gasteiger partial charge on any atom is 0.207 e. The predicted molar refractivity (Wildman–Crippen MR) is 48.0 cm³/mol. The van der Waals surface area contributed by atoms with Crippen LogP contribution >= 0.6 is 22.9 Å². The molecule has 0 N–H and O–H groups in total. The molecule has 0 aliphatic carbocycles. The molecule has 0 aromatic carbocycles. The van der Waals surface area contributed by atoms with Crippen LogP contribution in [0.4, 0.5) is 0 Å². The third-order valence-electron chi connectivity index (χ3n) is 1.06. The summed E-state index contributed by atoms with van der Waals surface area (Å²) in [6.07, 6.45) is 5.65. The number of ether oxygens (including phenoxy) is 1. The molecule has 0 atom stereocenters. The molecule has 0 fully saturated rings. The quantitative estimate of drug-likeness (QED) is 0.551. The highest BCUT2D eigenvalue weighted by molar-refractivity contribution is 7.15. The Morgan fingerprint density at radius 2 is 2.42 bits per heavy atom. The fourth-order valence-corrected chi connectivity index (χ4v) is 1.39. The minimum atomic E-state index is 0.436. The maximum absolute atomic E-state index is 5.56. The summed E-state index contributed by atoms with van der Waals surface area (Å²) in [5, 5.41) is 8.18. The van der Waals surface area contributed by atoms with E-state index in [4.69, 9.17) is 22.8 Å². The van der Waals surface area contributed by atoms with E-state index in [0.717, 1.165) is 5.01 Å². The number of halogens is 1. The number of hydrogen-bond donors (Lipinski definition) is 0. The first-order valence-corrected chi connectivity index (χ1v) is 4.51. The van der Waals surface area contributed by atoms with Gasteiger partial charge >= 0.3 is 0 Å². The Kier molecular flexibility index (Phi) is 4.01. The molecule has 1 rings (SSSR count). The van der Waals surface area contributed by atoms with Gasteiger partial charge in [-0.15, -0.1) is 22.5 Å². The Morgan fingerprint density at radius 3 is 3.00 bits per heavy atom. The Balaban J connectivity index is 2.21. The molecule has 0 spiro atoms. The second-order valence-corrected chi connectivity index (χ2v) is 3.60. The zero-order valence-electron chi connectivity index (χ0n) is 6.29. The zero-order chi connectivity index (χ0) is 8.81. The third-order valence-corrected chi connectivity index (χ3v) is 2.05. The van der Waals surface area contributed by atoms with E-state index in [0.29, 0.717) is 24.1 Å². The number of aromatic nitrogens is 2. The van der Waals surface area contributed by atoms with E-state index in [1.807, 2.05) is 0 Å². The van der Waals surface area contributed by atoms with Crippen LogP contribution in [0, 0.1) is 12.3 Å². The lowest BCUT2D eigenvalue weighted by atomic mass is 10.5. The largest absolute Gasteiger partial charge is 0.373 e. The Morgan fingerprint density at radius 1 is 1.58 bits per heavy atom. The molecule has 3 nitrogen and oxygen atoms in total. The summed E-state index contributed by atoms with van der Waals surface area (Å²) < 4.78 is 5.62. The Bertz CT molecular complexity index is 281. The van der Waals surface area contributed by atoms with Gasteiger partial charge in [0.25, 0.3) is 0 Å². The van der Waals surface area contributed by atoms with Gasteiger partial charge in [0.1, 0.15) is 11.6 Å². The maximum atomic E-state index is 5.56. The summed E-state index contributed by atoms with van der Waals surface area (Å²) in [4.78, 5) is 0. The van der Waals surface area contributed by atoms with E-state index < -0.39 is 0 Å². The minimum absolute atomic E-state index is 0.436. The molecule has 64 valence electrons. The van der Waals surface area contributed by atoms with Gasteiger partial charge in [-0.05, 0) is 11.6 Å². The number of terminal acetylenes is 1. The molecule has 1 heterocycles. The van der Waals surface area contributed by atoms with Crippen LogP contribution in [0.2, 0.25) is 4.47 Å². The molecular weight excluding hydrogens is 196 g/mol. The first-order valence-electron chi connectivity index (χ1n) is 3.32. The summed E-state index contributed by atoms with van der Waals surface area (Å²) in [6, 6.07) is 0. The molecule has 0 bridgehead atoms. The molecule has 0 unspecified atom stereocenters. The molecule has 0 aliphatic heterocycles. The van der Waals surface area contributed by atoms with Crippen LogP contribution < -0.4 is 0 Å². The van der Waals surface area contributed by atoms with E-state index in [1.54, 1.807) is 0 Å². The van der Waals surface area contributed by atoms with E-state index in [-0.39, 0.29) is 0 Å². The van der Waals surface area contributed by atoms with Gasteiger partial charge in [-0.1, -0.05) is 11.3 Å². The Hall–Kier alpha value is -0.630. The van der Waals surface area contributed by atoms with Gasteiger partial charge in [0.15, 0.2) is 0 Å². The highest BCUT2D eigenvalue weighted by atomic mass is 35.5. The van der Waals surface area contributed by atoms with Crippen molar-refractivity contribution in [1.29, 1.82) is 0 Å². The lowest BCUT2D eigenvalue weighted by molar-refractivity contribution is 0.126. The monoisotopic (exact) mass is 202 g/mol. The molecule has 0 amide bonds. The number of rotatable bonds is 4. The van der Waals surface area contributed by atoms with Crippen molar-refractivity contribution in [3.05, 3.63) is 9.47 Å². The van der Waals surface area contributed by atoms with Crippen LogP contribution in [0.1, 0.15) is 11.4 Å². The fourth-order valence-electron chi connectivity index (χ4n) is 0.582. The zero-order valence-corrected chi connectivity index (χ0v) is 7.86. The van der Waals surface area contributed by atoms with Gasteiger partial charge < -0.3 is 4.74 Å². The average Bonchev–Trinajstić information content (AvgIpc) is 2.45. The first kappa shape index (κ1) is 9.46. The lowest BCUT2D eigenvalue weighted by Crippen LogP contribution is -1.93. The van der Waals surface area contributed by atoms with Crippen molar-refractivity contribution in [2.45, 2.75) is 13.0 Å². The molecule has 0 saturated heterocycles.